The first-order valence-electron chi connectivity index (χ1n) is 6.51. The highest BCUT2D eigenvalue weighted by Gasteiger charge is 2.32. The van der Waals surface area contributed by atoms with E-state index in [1.807, 2.05) is 0 Å². The van der Waals surface area contributed by atoms with Gasteiger partial charge in [-0.1, -0.05) is 0 Å². The highest BCUT2D eigenvalue weighted by atomic mass is 32.2. The Morgan fingerprint density at radius 2 is 2.00 bits per heavy atom. The molecule has 7 heteroatoms. The number of carbonyl (C=O) groups is 1. The minimum absolute atomic E-state index is 0.202. The van der Waals surface area contributed by atoms with Gasteiger partial charge >= 0.3 is 5.97 Å². The molecule has 0 saturated carbocycles. The van der Waals surface area contributed by atoms with Crippen molar-refractivity contribution in [2.75, 3.05) is 13.1 Å². The molecule has 1 N–H and O–H groups in total. The fourth-order valence-corrected chi connectivity index (χ4v) is 4.17. The van der Waals surface area contributed by atoms with Crippen LogP contribution < -0.4 is 4.74 Å². The summed E-state index contributed by atoms with van der Waals surface area (Å²) in [5.74, 6) is -0.581. The minimum Gasteiger partial charge on any atom is -0.478 e. The summed E-state index contributed by atoms with van der Waals surface area (Å²) < 4.78 is 31.6. The van der Waals surface area contributed by atoms with Gasteiger partial charge in [-0.2, -0.15) is 4.31 Å². The van der Waals surface area contributed by atoms with Gasteiger partial charge in [-0.3, -0.25) is 0 Å². The lowest BCUT2D eigenvalue weighted by molar-refractivity contribution is -0.144. The molecule has 1 atom stereocenters. The van der Waals surface area contributed by atoms with Crippen LogP contribution >= 0.6 is 0 Å². The highest BCUT2D eigenvalue weighted by molar-refractivity contribution is 7.89. The summed E-state index contributed by atoms with van der Waals surface area (Å²) in [5.41, 5.74) is 0.637. The van der Waals surface area contributed by atoms with Crippen LogP contribution in [0.5, 0.6) is 5.75 Å². The van der Waals surface area contributed by atoms with Gasteiger partial charge in [0.15, 0.2) is 6.10 Å². The number of aliphatic carboxylic acids is 1. The summed E-state index contributed by atoms with van der Waals surface area (Å²) in [7, 11) is -3.47. The van der Waals surface area contributed by atoms with Gasteiger partial charge in [0.05, 0.1) is 4.90 Å². The molecule has 0 aromatic heterocycles. The average Bonchev–Trinajstić information content (AvgIpc) is 3.07. The standard InChI is InChI=1S/C13H15NO5S/c15-13(16)12-8-9-7-10(3-4-11(9)19-12)20(17,18)14-5-1-2-6-14/h3-4,7,12H,1-2,5-6,8H2,(H,15,16)/t12-/m1/s1. The molecule has 2 aliphatic rings. The second-order valence-corrected chi connectivity index (χ2v) is 6.97. The average molecular weight is 297 g/mol. The number of sulfonamides is 1. The van der Waals surface area contributed by atoms with Crippen LogP contribution in [0.2, 0.25) is 0 Å². The number of hydrogen-bond donors (Lipinski definition) is 1. The summed E-state index contributed by atoms with van der Waals surface area (Å²) >= 11 is 0. The Morgan fingerprint density at radius 1 is 1.30 bits per heavy atom. The number of carboxylic acids is 1. The monoisotopic (exact) mass is 297 g/mol. The molecule has 1 fully saturated rings. The zero-order valence-electron chi connectivity index (χ0n) is 10.8. The third-order valence-corrected chi connectivity index (χ3v) is 5.58. The molecule has 0 unspecified atom stereocenters. The molecule has 20 heavy (non-hydrogen) atoms. The van der Waals surface area contributed by atoms with Crippen LogP contribution in [-0.2, 0) is 21.2 Å². The van der Waals surface area contributed by atoms with E-state index in [0.29, 0.717) is 24.4 Å². The number of carboxylic acid groups (broad SMARTS) is 1. The van der Waals surface area contributed by atoms with Crippen molar-refractivity contribution in [1.82, 2.24) is 4.31 Å². The Morgan fingerprint density at radius 3 is 2.65 bits per heavy atom. The van der Waals surface area contributed by atoms with Crippen molar-refractivity contribution in [3.05, 3.63) is 23.8 Å². The van der Waals surface area contributed by atoms with E-state index >= 15 is 0 Å². The number of ether oxygens (including phenoxy) is 1. The van der Waals surface area contributed by atoms with Crippen molar-refractivity contribution < 1.29 is 23.1 Å². The Labute approximate surface area is 117 Å². The predicted molar refractivity (Wildman–Crippen MR) is 70.2 cm³/mol. The number of nitrogens with zero attached hydrogens (tertiary/aromatic N) is 1. The van der Waals surface area contributed by atoms with Crippen LogP contribution in [0.1, 0.15) is 18.4 Å². The highest BCUT2D eigenvalue weighted by Crippen LogP contribution is 2.32. The van der Waals surface area contributed by atoms with Gasteiger partial charge in [0.2, 0.25) is 10.0 Å². The maximum atomic E-state index is 12.4. The van der Waals surface area contributed by atoms with E-state index in [0.717, 1.165) is 12.8 Å². The molecule has 0 spiro atoms. The van der Waals surface area contributed by atoms with Crippen molar-refractivity contribution in [2.24, 2.45) is 0 Å². The quantitative estimate of drug-likeness (QED) is 0.894. The van der Waals surface area contributed by atoms with E-state index in [2.05, 4.69) is 0 Å². The second kappa shape index (κ2) is 4.75. The Hall–Kier alpha value is -1.60. The van der Waals surface area contributed by atoms with E-state index in [-0.39, 0.29) is 11.3 Å². The lowest BCUT2D eigenvalue weighted by Gasteiger charge is -2.15. The lowest BCUT2D eigenvalue weighted by Crippen LogP contribution is -2.27. The normalized spacial score (nSPS) is 22.5. The van der Waals surface area contributed by atoms with Gasteiger partial charge in [0.1, 0.15) is 5.75 Å². The predicted octanol–water partition coefficient (Wildman–Crippen LogP) is 0.859. The molecular formula is C13H15NO5S. The van der Waals surface area contributed by atoms with Crippen LogP contribution in [0.3, 0.4) is 0 Å². The maximum Gasteiger partial charge on any atom is 0.345 e. The molecular weight excluding hydrogens is 282 g/mol. The first kappa shape index (κ1) is 13.4. The van der Waals surface area contributed by atoms with Gasteiger partial charge in [0, 0.05) is 19.5 Å². The van der Waals surface area contributed by atoms with Crippen LogP contribution in [0.15, 0.2) is 23.1 Å². The first-order valence-corrected chi connectivity index (χ1v) is 7.95. The largest absolute Gasteiger partial charge is 0.478 e. The molecule has 0 bridgehead atoms. The zero-order chi connectivity index (χ0) is 14.3. The zero-order valence-corrected chi connectivity index (χ0v) is 11.6. The molecule has 2 heterocycles. The summed E-state index contributed by atoms with van der Waals surface area (Å²) in [6.45, 7) is 1.10. The van der Waals surface area contributed by atoms with Crippen molar-refractivity contribution >= 4 is 16.0 Å². The Balaban J connectivity index is 1.91. The van der Waals surface area contributed by atoms with Gasteiger partial charge in [-0.25, -0.2) is 13.2 Å². The van der Waals surface area contributed by atoms with E-state index < -0.39 is 22.1 Å². The fraction of sp³-hybridized carbons (Fsp3) is 0.462. The van der Waals surface area contributed by atoms with Crippen molar-refractivity contribution in [2.45, 2.75) is 30.3 Å². The number of fused-ring (bicyclic) bond motifs is 1. The van der Waals surface area contributed by atoms with E-state index in [9.17, 15) is 13.2 Å². The van der Waals surface area contributed by atoms with Crippen LogP contribution in [0.25, 0.3) is 0 Å². The van der Waals surface area contributed by atoms with E-state index in [1.165, 1.54) is 16.4 Å². The molecule has 1 aromatic carbocycles. The summed E-state index contributed by atoms with van der Waals surface area (Å²) in [5, 5.41) is 8.94. The Bertz CT molecular complexity index is 649. The molecule has 0 radical (unpaired) electrons. The smallest absolute Gasteiger partial charge is 0.345 e. The summed E-state index contributed by atoms with van der Waals surface area (Å²) in [6.07, 6.45) is 1.05. The number of rotatable bonds is 3. The lowest BCUT2D eigenvalue weighted by atomic mass is 10.1. The number of benzene rings is 1. The summed E-state index contributed by atoms with van der Waals surface area (Å²) in [4.78, 5) is 11.1. The third kappa shape index (κ3) is 2.16. The van der Waals surface area contributed by atoms with Crippen LogP contribution in [0, 0.1) is 0 Å². The van der Waals surface area contributed by atoms with Gasteiger partial charge in [0.25, 0.3) is 0 Å². The van der Waals surface area contributed by atoms with E-state index in [4.69, 9.17) is 9.84 Å². The van der Waals surface area contributed by atoms with Gasteiger partial charge in [-0.15, -0.1) is 0 Å². The molecule has 1 saturated heterocycles. The fourth-order valence-electron chi connectivity index (χ4n) is 2.60. The molecule has 1 aromatic rings. The molecule has 0 amide bonds. The third-order valence-electron chi connectivity index (χ3n) is 3.68. The Kier molecular flexibility index (Phi) is 3.18. The van der Waals surface area contributed by atoms with Gasteiger partial charge in [-0.05, 0) is 36.6 Å². The first-order chi connectivity index (χ1) is 9.48. The molecule has 0 aliphatic carbocycles. The summed E-state index contributed by atoms with van der Waals surface area (Å²) in [6, 6.07) is 4.56. The van der Waals surface area contributed by atoms with Crippen molar-refractivity contribution in [3.63, 3.8) is 0 Å². The second-order valence-electron chi connectivity index (χ2n) is 5.03. The van der Waals surface area contributed by atoms with Crippen LogP contribution in [0.4, 0.5) is 0 Å². The molecule has 3 rings (SSSR count). The SMILES string of the molecule is O=C(O)[C@H]1Cc2cc(S(=O)(=O)N3CCCC3)ccc2O1. The molecule has 6 nitrogen and oxygen atoms in total. The minimum atomic E-state index is -3.47. The van der Waals surface area contributed by atoms with Crippen molar-refractivity contribution in [3.8, 4) is 5.75 Å². The van der Waals surface area contributed by atoms with E-state index in [1.54, 1.807) is 6.07 Å². The van der Waals surface area contributed by atoms with Crippen molar-refractivity contribution in [1.29, 1.82) is 0 Å². The number of hydrogen-bond acceptors (Lipinski definition) is 4. The van der Waals surface area contributed by atoms with Crippen LogP contribution in [-0.4, -0.2) is 43.0 Å². The molecule has 108 valence electrons. The molecule has 2 aliphatic heterocycles. The maximum absolute atomic E-state index is 12.4. The van der Waals surface area contributed by atoms with Gasteiger partial charge < -0.3 is 9.84 Å². The topological polar surface area (TPSA) is 83.9 Å².